The third-order valence-electron chi connectivity index (χ3n) is 3.27. The highest BCUT2D eigenvalue weighted by Crippen LogP contribution is 2.11. The van der Waals surface area contributed by atoms with Crippen LogP contribution < -0.4 is 10.0 Å². The Kier molecular flexibility index (Phi) is 7.88. The van der Waals surface area contributed by atoms with E-state index in [0.29, 0.717) is 4.90 Å². The van der Waals surface area contributed by atoms with Crippen LogP contribution in [0, 0.1) is 0 Å². The summed E-state index contributed by atoms with van der Waals surface area (Å²) >= 11 is 0. The average molecular weight is 314 g/mol. The van der Waals surface area contributed by atoms with Crippen molar-refractivity contribution in [3.05, 3.63) is 29.8 Å². The van der Waals surface area contributed by atoms with Crippen molar-refractivity contribution in [1.82, 2.24) is 10.0 Å². The summed E-state index contributed by atoms with van der Waals surface area (Å²) < 4.78 is 31.7. The molecule has 0 saturated heterocycles. The van der Waals surface area contributed by atoms with Crippen LogP contribution in [-0.2, 0) is 21.2 Å². The first-order chi connectivity index (χ1) is 9.99. The lowest BCUT2D eigenvalue weighted by Crippen LogP contribution is -2.31. The molecule has 0 spiro atoms. The molecular weight excluding hydrogens is 288 g/mol. The predicted molar refractivity (Wildman–Crippen MR) is 85.0 cm³/mol. The van der Waals surface area contributed by atoms with Gasteiger partial charge >= 0.3 is 0 Å². The van der Waals surface area contributed by atoms with Gasteiger partial charge in [0.25, 0.3) is 0 Å². The number of nitrogens with one attached hydrogen (secondary N) is 2. The molecule has 0 heterocycles. The van der Waals surface area contributed by atoms with Crippen LogP contribution in [0.3, 0.4) is 0 Å². The Morgan fingerprint density at radius 3 is 2.48 bits per heavy atom. The Morgan fingerprint density at radius 1 is 1.24 bits per heavy atom. The second-order valence-electron chi connectivity index (χ2n) is 5.00. The molecule has 1 atom stereocenters. The molecule has 0 aliphatic carbocycles. The van der Waals surface area contributed by atoms with Crippen LogP contribution in [-0.4, -0.2) is 41.3 Å². The van der Waals surface area contributed by atoms with Gasteiger partial charge in [-0.05, 0) is 50.6 Å². The zero-order valence-corrected chi connectivity index (χ0v) is 13.9. The topological polar surface area (TPSA) is 67.4 Å². The van der Waals surface area contributed by atoms with E-state index < -0.39 is 10.0 Å². The molecular formula is C15H26N2O3S. The molecule has 0 fully saturated rings. The van der Waals surface area contributed by atoms with Crippen molar-refractivity contribution in [2.24, 2.45) is 0 Å². The van der Waals surface area contributed by atoms with Crippen LogP contribution in [0.15, 0.2) is 29.2 Å². The summed E-state index contributed by atoms with van der Waals surface area (Å²) in [5.41, 5.74) is 1.15. The zero-order chi connectivity index (χ0) is 15.7. The van der Waals surface area contributed by atoms with Gasteiger partial charge in [-0.15, -0.1) is 0 Å². The Balaban J connectivity index is 2.56. The van der Waals surface area contributed by atoms with Crippen LogP contribution in [0.5, 0.6) is 0 Å². The van der Waals surface area contributed by atoms with E-state index in [9.17, 15) is 8.42 Å². The summed E-state index contributed by atoms with van der Waals surface area (Å²) in [5, 5.41) is 3.27. The fourth-order valence-electron chi connectivity index (χ4n) is 1.82. The van der Waals surface area contributed by atoms with Crippen LogP contribution in [0.1, 0.15) is 25.8 Å². The fourth-order valence-corrected chi connectivity index (χ4v) is 2.94. The van der Waals surface area contributed by atoms with Crippen molar-refractivity contribution in [2.75, 3.05) is 26.7 Å². The smallest absolute Gasteiger partial charge is 0.240 e. The molecule has 0 saturated carbocycles. The standard InChI is InChI=1S/C15H26N2O3S/c1-4-16-11-5-6-14-7-9-15(10-8-14)21(18,19)17-12-13(2)20-3/h7-10,13,16-17H,4-6,11-12H2,1-3H3. The summed E-state index contributed by atoms with van der Waals surface area (Å²) in [6.45, 7) is 6.12. The van der Waals surface area contributed by atoms with Gasteiger partial charge in [-0.2, -0.15) is 0 Å². The molecule has 1 aromatic carbocycles. The van der Waals surface area contributed by atoms with Crippen molar-refractivity contribution in [3.63, 3.8) is 0 Å². The van der Waals surface area contributed by atoms with Crippen LogP contribution in [0.2, 0.25) is 0 Å². The number of hydrogen-bond acceptors (Lipinski definition) is 4. The zero-order valence-electron chi connectivity index (χ0n) is 13.1. The van der Waals surface area contributed by atoms with Crippen molar-refractivity contribution < 1.29 is 13.2 Å². The molecule has 0 amide bonds. The minimum absolute atomic E-state index is 0.148. The molecule has 6 heteroatoms. The summed E-state index contributed by atoms with van der Waals surface area (Å²) in [7, 11) is -1.90. The maximum absolute atomic E-state index is 12.1. The summed E-state index contributed by atoms with van der Waals surface area (Å²) in [5.74, 6) is 0. The van der Waals surface area contributed by atoms with E-state index in [1.54, 1.807) is 19.2 Å². The van der Waals surface area contributed by atoms with Crippen LogP contribution in [0.4, 0.5) is 0 Å². The minimum atomic E-state index is -3.45. The summed E-state index contributed by atoms with van der Waals surface area (Å²) in [6, 6.07) is 7.06. The first kappa shape index (κ1) is 18.1. The number of ether oxygens (including phenoxy) is 1. The van der Waals surface area contributed by atoms with E-state index in [1.807, 2.05) is 19.1 Å². The van der Waals surface area contributed by atoms with Crippen molar-refractivity contribution in [2.45, 2.75) is 37.7 Å². The average Bonchev–Trinajstić information content (AvgIpc) is 2.50. The molecule has 0 aliphatic heterocycles. The highest BCUT2D eigenvalue weighted by atomic mass is 32.2. The highest BCUT2D eigenvalue weighted by molar-refractivity contribution is 7.89. The van der Waals surface area contributed by atoms with Crippen molar-refractivity contribution in [3.8, 4) is 0 Å². The highest BCUT2D eigenvalue weighted by Gasteiger charge is 2.14. The molecule has 0 bridgehead atoms. The van der Waals surface area contributed by atoms with E-state index in [1.165, 1.54) is 0 Å². The first-order valence-electron chi connectivity index (χ1n) is 7.31. The number of benzene rings is 1. The molecule has 120 valence electrons. The maximum atomic E-state index is 12.1. The fraction of sp³-hybridized carbons (Fsp3) is 0.600. The lowest BCUT2D eigenvalue weighted by atomic mass is 10.1. The first-order valence-corrected chi connectivity index (χ1v) is 8.80. The van der Waals surface area contributed by atoms with Gasteiger partial charge in [0, 0.05) is 13.7 Å². The Bertz CT molecular complexity index is 500. The van der Waals surface area contributed by atoms with Gasteiger partial charge < -0.3 is 10.1 Å². The summed E-state index contributed by atoms with van der Waals surface area (Å²) in [6.07, 6.45) is 1.84. The maximum Gasteiger partial charge on any atom is 0.240 e. The molecule has 0 aromatic heterocycles. The molecule has 0 aliphatic rings. The van der Waals surface area contributed by atoms with E-state index in [2.05, 4.69) is 17.0 Å². The van der Waals surface area contributed by atoms with Crippen LogP contribution >= 0.6 is 0 Å². The number of aryl methyl sites for hydroxylation is 1. The van der Waals surface area contributed by atoms with E-state index in [-0.39, 0.29) is 12.6 Å². The molecule has 2 N–H and O–H groups in total. The molecule has 1 aromatic rings. The largest absolute Gasteiger partial charge is 0.380 e. The van der Waals surface area contributed by atoms with Gasteiger partial charge in [-0.25, -0.2) is 13.1 Å². The van der Waals surface area contributed by atoms with Gasteiger partial charge in [0.1, 0.15) is 0 Å². The van der Waals surface area contributed by atoms with E-state index in [0.717, 1.165) is 31.5 Å². The number of sulfonamides is 1. The molecule has 1 rings (SSSR count). The Labute approximate surface area is 128 Å². The van der Waals surface area contributed by atoms with E-state index >= 15 is 0 Å². The number of methoxy groups -OCH3 is 1. The van der Waals surface area contributed by atoms with Crippen molar-refractivity contribution in [1.29, 1.82) is 0 Å². The predicted octanol–water partition coefficient (Wildman–Crippen LogP) is 1.54. The van der Waals surface area contributed by atoms with Gasteiger partial charge in [-0.1, -0.05) is 19.1 Å². The third-order valence-corrected chi connectivity index (χ3v) is 4.71. The monoisotopic (exact) mass is 314 g/mol. The quantitative estimate of drug-likeness (QED) is 0.643. The second kappa shape index (κ2) is 9.15. The number of hydrogen-bond donors (Lipinski definition) is 2. The molecule has 21 heavy (non-hydrogen) atoms. The lowest BCUT2D eigenvalue weighted by molar-refractivity contribution is 0.122. The molecule has 5 nitrogen and oxygen atoms in total. The molecule has 1 unspecified atom stereocenters. The molecule has 0 radical (unpaired) electrons. The van der Waals surface area contributed by atoms with Gasteiger partial charge in [0.15, 0.2) is 0 Å². The normalized spacial score (nSPS) is 13.3. The van der Waals surface area contributed by atoms with Gasteiger partial charge in [-0.3, -0.25) is 0 Å². The second-order valence-corrected chi connectivity index (χ2v) is 6.77. The minimum Gasteiger partial charge on any atom is -0.380 e. The van der Waals surface area contributed by atoms with Crippen LogP contribution in [0.25, 0.3) is 0 Å². The Morgan fingerprint density at radius 2 is 1.90 bits per heavy atom. The van der Waals surface area contributed by atoms with Crippen molar-refractivity contribution >= 4 is 10.0 Å². The Hall–Kier alpha value is -0.950. The van der Waals surface area contributed by atoms with Gasteiger partial charge in [0.05, 0.1) is 11.0 Å². The number of rotatable bonds is 10. The van der Waals surface area contributed by atoms with E-state index in [4.69, 9.17) is 4.74 Å². The SMILES string of the molecule is CCNCCCc1ccc(S(=O)(=O)NCC(C)OC)cc1. The van der Waals surface area contributed by atoms with Gasteiger partial charge in [0.2, 0.25) is 10.0 Å². The summed E-state index contributed by atoms with van der Waals surface area (Å²) in [4.78, 5) is 0.293. The lowest BCUT2D eigenvalue weighted by Gasteiger charge is -2.11. The third kappa shape index (κ3) is 6.56.